The summed E-state index contributed by atoms with van der Waals surface area (Å²) < 4.78 is 0. The van der Waals surface area contributed by atoms with Gasteiger partial charge in [0.25, 0.3) is 0 Å². The normalized spacial score (nSPS) is 19.7. The van der Waals surface area contributed by atoms with Crippen LogP contribution < -0.4 is 11.1 Å². The van der Waals surface area contributed by atoms with E-state index in [1.807, 2.05) is 12.1 Å². The molecule has 1 aliphatic rings. The monoisotopic (exact) mass is 259 g/mol. The largest absolute Gasteiger partial charge is 0.314 e. The van der Waals surface area contributed by atoms with Gasteiger partial charge in [-0.25, -0.2) is 0 Å². The first-order valence-electron chi connectivity index (χ1n) is 5.34. The molecule has 1 fully saturated rings. The van der Waals surface area contributed by atoms with Gasteiger partial charge in [-0.3, -0.25) is 4.90 Å². The summed E-state index contributed by atoms with van der Waals surface area (Å²) in [7, 11) is 0. The summed E-state index contributed by atoms with van der Waals surface area (Å²) >= 11 is 11.9. The number of halogens is 2. The average molecular weight is 260 g/mol. The molecule has 0 aliphatic carbocycles. The van der Waals surface area contributed by atoms with Gasteiger partial charge in [0.1, 0.15) is 0 Å². The van der Waals surface area contributed by atoms with Crippen LogP contribution in [0.15, 0.2) is 18.2 Å². The smallest absolute Gasteiger partial charge is 0.0836 e. The highest BCUT2D eigenvalue weighted by molar-refractivity contribution is 6.42. The molecule has 1 unspecified atom stereocenters. The minimum Gasteiger partial charge on any atom is -0.314 e. The number of piperazine rings is 1. The fourth-order valence-electron chi connectivity index (χ4n) is 1.87. The lowest BCUT2D eigenvalue weighted by Gasteiger charge is -2.32. The van der Waals surface area contributed by atoms with Crippen LogP contribution in [0.2, 0.25) is 10.0 Å². The van der Waals surface area contributed by atoms with Gasteiger partial charge in [0.15, 0.2) is 0 Å². The fraction of sp³-hybridized carbons (Fsp3) is 0.455. The molecule has 0 aromatic heterocycles. The van der Waals surface area contributed by atoms with Crippen molar-refractivity contribution in [2.45, 2.75) is 6.17 Å². The molecule has 0 amide bonds. The third-order valence-electron chi connectivity index (χ3n) is 2.83. The van der Waals surface area contributed by atoms with Crippen molar-refractivity contribution in [2.24, 2.45) is 5.73 Å². The van der Waals surface area contributed by atoms with Crippen molar-refractivity contribution in [1.29, 1.82) is 0 Å². The van der Waals surface area contributed by atoms with Gasteiger partial charge in [0.2, 0.25) is 0 Å². The SMILES string of the molecule is NC(c1ccc(Cl)c(Cl)c1)N1CCNCC1. The van der Waals surface area contributed by atoms with Crippen molar-refractivity contribution < 1.29 is 0 Å². The van der Waals surface area contributed by atoms with Crippen molar-refractivity contribution in [1.82, 2.24) is 10.2 Å². The van der Waals surface area contributed by atoms with E-state index in [1.54, 1.807) is 6.07 Å². The quantitative estimate of drug-likeness (QED) is 0.852. The molecular weight excluding hydrogens is 245 g/mol. The zero-order chi connectivity index (χ0) is 11.5. The predicted octanol–water partition coefficient (Wildman–Crippen LogP) is 1.86. The summed E-state index contributed by atoms with van der Waals surface area (Å²) in [5.41, 5.74) is 7.20. The molecule has 88 valence electrons. The van der Waals surface area contributed by atoms with Crippen LogP contribution in [-0.4, -0.2) is 31.1 Å². The van der Waals surface area contributed by atoms with Crippen LogP contribution in [0.1, 0.15) is 11.7 Å². The van der Waals surface area contributed by atoms with Crippen molar-refractivity contribution in [2.75, 3.05) is 26.2 Å². The lowest BCUT2D eigenvalue weighted by molar-refractivity contribution is 0.177. The zero-order valence-corrected chi connectivity index (χ0v) is 10.4. The number of hydrogen-bond donors (Lipinski definition) is 2. The van der Waals surface area contributed by atoms with E-state index in [0.29, 0.717) is 10.0 Å². The Kier molecular flexibility index (Phi) is 4.05. The van der Waals surface area contributed by atoms with Crippen LogP contribution in [0, 0.1) is 0 Å². The van der Waals surface area contributed by atoms with Gasteiger partial charge < -0.3 is 11.1 Å². The summed E-state index contributed by atoms with van der Waals surface area (Å²) in [4.78, 5) is 2.23. The number of nitrogens with two attached hydrogens (primary N) is 1. The first-order chi connectivity index (χ1) is 7.68. The highest BCUT2D eigenvalue weighted by Gasteiger charge is 2.18. The number of nitrogens with zero attached hydrogens (tertiary/aromatic N) is 1. The fourth-order valence-corrected chi connectivity index (χ4v) is 2.17. The van der Waals surface area contributed by atoms with Crippen LogP contribution in [-0.2, 0) is 0 Å². The van der Waals surface area contributed by atoms with Gasteiger partial charge in [-0.15, -0.1) is 0 Å². The van der Waals surface area contributed by atoms with Gasteiger partial charge in [-0.05, 0) is 17.7 Å². The van der Waals surface area contributed by atoms with E-state index in [2.05, 4.69) is 10.2 Å². The topological polar surface area (TPSA) is 41.3 Å². The molecule has 1 atom stereocenters. The Morgan fingerprint density at radius 3 is 2.50 bits per heavy atom. The van der Waals surface area contributed by atoms with E-state index in [4.69, 9.17) is 28.9 Å². The second kappa shape index (κ2) is 5.34. The van der Waals surface area contributed by atoms with E-state index in [0.717, 1.165) is 31.7 Å². The molecule has 1 aromatic carbocycles. The molecule has 3 nitrogen and oxygen atoms in total. The predicted molar refractivity (Wildman–Crippen MR) is 67.8 cm³/mol. The van der Waals surface area contributed by atoms with Crippen molar-refractivity contribution in [3.05, 3.63) is 33.8 Å². The maximum absolute atomic E-state index is 6.19. The third kappa shape index (κ3) is 2.67. The molecule has 16 heavy (non-hydrogen) atoms. The minimum atomic E-state index is -0.100. The molecule has 0 radical (unpaired) electrons. The molecule has 1 aromatic rings. The molecule has 1 aliphatic heterocycles. The Balaban J connectivity index is 2.12. The maximum Gasteiger partial charge on any atom is 0.0836 e. The van der Waals surface area contributed by atoms with E-state index in [-0.39, 0.29) is 6.17 Å². The van der Waals surface area contributed by atoms with Gasteiger partial charge in [-0.2, -0.15) is 0 Å². The highest BCUT2D eigenvalue weighted by Crippen LogP contribution is 2.26. The van der Waals surface area contributed by atoms with Crippen LogP contribution in [0.5, 0.6) is 0 Å². The highest BCUT2D eigenvalue weighted by atomic mass is 35.5. The zero-order valence-electron chi connectivity index (χ0n) is 8.92. The Labute approximate surface area is 106 Å². The molecule has 0 spiro atoms. The maximum atomic E-state index is 6.19. The third-order valence-corrected chi connectivity index (χ3v) is 3.57. The van der Waals surface area contributed by atoms with Crippen LogP contribution in [0.3, 0.4) is 0 Å². The molecule has 0 saturated carbocycles. The van der Waals surface area contributed by atoms with Gasteiger partial charge >= 0.3 is 0 Å². The molecule has 2 rings (SSSR count). The number of rotatable bonds is 2. The summed E-state index contributed by atoms with van der Waals surface area (Å²) in [6.07, 6.45) is -0.100. The lowest BCUT2D eigenvalue weighted by atomic mass is 10.1. The number of nitrogens with one attached hydrogen (secondary N) is 1. The van der Waals surface area contributed by atoms with Gasteiger partial charge in [0, 0.05) is 26.2 Å². The molecule has 3 N–H and O–H groups in total. The second-order valence-electron chi connectivity index (χ2n) is 3.90. The first kappa shape index (κ1) is 12.1. The summed E-state index contributed by atoms with van der Waals surface area (Å²) in [5.74, 6) is 0. The second-order valence-corrected chi connectivity index (χ2v) is 4.72. The van der Waals surface area contributed by atoms with Crippen molar-refractivity contribution in [3.63, 3.8) is 0 Å². The van der Waals surface area contributed by atoms with Crippen molar-refractivity contribution in [3.8, 4) is 0 Å². The Morgan fingerprint density at radius 2 is 1.88 bits per heavy atom. The minimum absolute atomic E-state index is 0.100. The molecule has 0 bridgehead atoms. The first-order valence-corrected chi connectivity index (χ1v) is 6.09. The van der Waals surface area contributed by atoms with E-state index in [9.17, 15) is 0 Å². The summed E-state index contributed by atoms with van der Waals surface area (Å²) in [6.45, 7) is 3.88. The lowest BCUT2D eigenvalue weighted by Crippen LogP contribution is -2.47. The van der Waals surface area contributed by atoms with Gasteiger partial charge in [-0.1, -0.05) is 29.3 Å². The van der Waals surface area contributed by atoms with Crippen LogP contribution >= 0.6 is 23.2 Å². The molecule has 5 heteroatoms. The van der Waals surface area contributed by atoms with Crippen LogP contribution in [0.25, 0.3) is 0 Å². The van der Waals surface area contributed by atoms with E-state index in [1.165, 1.54) is 0 Å². The summed E-state index contributed by atoms with van der Waals surface area (Å²) in [6, 6.07) is 5.57. The number of hydrogen-bond acceptors (Lipinski definition) is 3. The Bertz CT molecular complexity index is 364. The van der Waals surface area contributed by atoms with E-state index >= 15 is 0 Å². The van der Waals surface area contributed by atoms with E-state index < -0.39 is 0 Å². The average Bonchev–Trinajstić information content (AvgIpc) is 2.33. The Morgan fingerprint density at radius 1 is 1.19 bits per heavy atom. The van der Waals surface area contributed by atoms with Crippen molar-refractivity contribution >= 4 is 23.2 Å². The number of benzene rings is 1. The molecular formula is C11H15Cl2N3. The van der Waals surface area contributed by atoms with Crippen LogP contribution in [0.4, 0.5) is 0 Å². The molecule has 1 saturated heterocycles. The molecule has 1 heterocycles. The Hall–Kier alpha value is -0.320. The summed E-state index contributed by atoms with van der Waals surface area (Å²) in [5, 5.41) is 4.42. The standard InChI is InChI=1S/C11H15Cl2N3/c12-9-2-1-8(7-10(9)13)11(14)16-5-3-15-4-6-16/h1-2,7,11,15H,3-6,14H2. The van der Waals surface area contributed by atoms with Gasteiger partial charge in [0.05, 0.1) is 16.2 Å².